The van der Waals surface area contributed by atoms with Gasteiger partial charge in [-0.25, -0.2) is 0 Å². The van der Waals surface area contributed by atoms with Crippen molar-refractivity contribution in [1.29, 1.82) is 0 Å². The van der Waals surface area contributed by atoms with Gasteiger partial charge in [-0.05, 0) is 55.3 Å². The zero-order valence-corrected chi connectivity index (χ0v) is 24.3. The van der Waals surface area contributed by atoms with Crippen molar-refractivity contribution in [3.8, 4) is 5.75 Å². The molecule has 1 aromatic rings. The van der Waals surface area contributed by atoms with Crippen molar-refractivity contribution in [2.45, 2.75) is 80.7 Å². The quantitative estimate of drug-likeness (QED) is 0.360. The summed E-state index contributed by atoms with van der Waals surface area (Å²) in [5.74, 6) is 0.953. The van der Waals surface area contributed by atoms with Crippen molar-refractivity contribution in [3.63, 3.8) is 0 Å². The van der Waals surface area contributed by atoms with Gasteiger partial charge in [-0.2, -0.15) is 0 Å². The summed E-state index contributed by atoms with van der Waals surface area (Å²) in [6.45, 7) is 20.1. The first-order chi connectivity index (χ1) is 13.5. The van der Waals surface area contributed by atoms with Gasteiger partial charge in [-0.15, -0.1) is 0 Å². The fraction of sp³-hybridized carbons (Fsp3) is 0.760. The number of aliphatic hydroxyl groups is 1. The summed E-state index contributed by atoms with van der Waals surface area (Å²) in [4.78, 5) is 0. The van der Waals surface area contributed by atoms with E-state index in [4.69, 9.17) is 14.6 Å². The average Bonchev–Trinajstić information content (AvgIpc) is 2.71. The van der Waals surface area contributed by atoms with Gasteiger partial charge in [0.05, 0.1) is 13.2 Å². The van der Waals surface area contributed by atoms with Gasteiger partial charge in [0, 0.05) is 53.9 Å². The van der Waals surface area contributed by atoms with Crippen LogP contribution < -0.4 is 10.1 Å². The monoisotopic (exact) mass is 502 g/mol. The standard InChI is InChI=1S/C14H23NO.C10H22O.CH4O.Y.H2/c1-11(15-5)12-7-6-8-13(9-12)16-10-14(2,3)4;1-5-7-8-11-9-10(3,4)6-2;1-2;;/h6-9,11,15H,10H2,1-5H3;5-9H2,1-4H3;2H,1H3;;1H/t11-;;;;/m1..../s1. The molecule has 2 N–H and O–H groups in total. The van der Waals surface area contributed by atoms with Gasteiger partial charge >= 0.3 is 0 Å². The number of nitrogens with one attached hydrogen (secondary N) is 1. The molecule has 0 unspecified atom stereocenters. The van der Waals surface area contributed by atoms with E-state index < -0.39 is 0 Å². The SMILES string of the molecule is CCCCOCC(C)(C)CC.CN[C@H](C)c1cccc(OCC(C)(C)C)c1.CO.[HH].[Y]. The number of ether oxygens (including phenoxy) is 2. The average molecular weight is 503 g/mol. The van der Waals surface area contributed by atoms with Gasteiger partial charge in [-0.1, -0.05) is 67.0 Å². The first-order valence-electron chi connectivity index (χ1n) is 11.0. The van der Waals surface area contributed by atoms with Gasteiger partial charge < -0.3 is 19.9 Å². The Morgan fingerprint density at radius 3 is 2.13 bits per heavy atom. The Balaban J connectivity index is -0.000000216. The minimum atomic E-state index is 0. The van der Waals surface area contributed by atoms with Crippen molar-refractivity contribution in [2.24, 2.45) is 10.8 Å². The fourth-order valence-corrected chi connectivity index (χ4v) is 2.04. The van der Waals surface area contributed by atoms with Crippen LogP contribution in [0, 0.1) is 10.8 Å². The maximum absolute atomic E-state index is 7.00. The molecule has 1 atom stereocenters. The summed E-state index contributed by atoms with van der Waals surface area (Å²) in [6, 6.07) is 8.63. The summed E-state index contributed by atoms with van der Waals surface area (Å²) in [7, 11) is 2.97. The molecule has 1 aromatic carbocycles. The molecule has 0 aliphatic heterocycles. The minimum Gasteiger partial charge on any atom is -0.493 e. The molecule has 0 saturated heterocycles. The van der Waals surface area contributed by atoms with Crippen LogP contribution in [0.5, 0.6) is 5.75 Å². The van der Waals surface area contributed by atoms with Crippen molar-refractivity contribution in [1.82, 2.24) is 5.32 Å². The first kappa shape index (κ1) is 34.6. The van der Waals surface area contributed by atoms with E-state index in [9.17, 15) is 0 Å². The molecule has 0 fully saturated rings. The van der Waals surface area contributed by atoms with Crippen LogP contribution in [0.1, 0.15) is 87.7 Å². The van der Waals surface area contributed by atoms with Crippen molar-refractivity contribution < 1.29 is 48.7 Å². The molecular formula is C25H51NO3Y. The van der Waals surface area contributed by atoms with Crippen LogP contribution in [0.15, 0.2) is 24.3 Å². The molecule has 0 amide bonds. The number of aliphatic hydroxyl groups excluding tert-OH is 1. The number of rotatable bonds is 10. The van der Waals surface area contributed by atoms with Crippen LogP contribution in [0.2, 0.25) is 0 Å². The Kier molecular flexibility index (Phi) is 22.7. The number of hydrogen-bond acceptors (Lipinski definition) is 4. The molecule has 0 aliphatic carbocycles. The third-order valence-electron chi connectivity index (χ3n) is 4.56. The van der Waals surface area contributed by atoms with E-state index in [1.165, 1.54) is 24.8 Å². The van der Waals surface area contributed by atoms with Crippen molar-refractivity contribution in [2.75, 3.05) is 34.0 Å². The van der Waals surface area contributed by atoms with E-state index in [-0.39, 0.29) is 39.6 Å². The van der Waals surface area contributed by atoms with Crippen molar-refractivity contribution >= 4 is 0 Å². The zero-order valence-electron chi connectivity index (χ0n) is 21.5. The molecule has 0 aromatic heterocycles. The maximum Gasteiger partial charge on any atom is 0.119 e. The summed E-state index contributed by atoms with van der Waals surface area (Å²) in [6.07, 6.45) is 3.62. The molecule has 30 heavy (non-hydrogen) atoms. The molecular weight excluding hydrogens is 451 g/mol. The Bertz CT molecular complexity index is 508. The van der Waals surface area contributed by atoms with Crippen molar-refractivity contribution in [3.05, 3.63) is 29.8 Å². The normalized spacial score (nSPS) is 11.8. The Morgan fingerprint density at radius 2 is 1.67 bits per heavy atom. The summed E-state index contributed by atoms with van der Waals surface area (Å²) in [5.41, 5.74) is 1.83. The van der Waals surface area contributed by atoms with Gasteiger partial charge in [0.15, 0.2) is 0 Å². The number of unbranched alkanes of at least 4 members (excludes halogenated alkanes) is 1. The smallest absolute Gasteiger partial charge is 0.119 e. The second-order valence-electron chi connectivity index (χ2n) is 9.36. The predicted molar refractivity (Wildman–Crippen MR) is 129 cm³/mol. The predicted octanol–water partition coefficient (Wildman–Crippen LogP) is 6.48. The molecule has 177 valence electrons. The molecule has 0 bridgehead atoms. The molecule has 5 heteroatoms. The molecule has 0 heterocycles. The minimum absolute atomic E-state index is 0. The topological polar surface area (TPSA) is 50.7 Å². The van der Waals surface area contributed by atoms with Crippen LogP contribution >= 0.6 is 0 Å². The number of hydrogen-bond donors (Lipinski definition) is 2. The van der Waals surface area contributed by atoms with E-state index in [1.54, 1.807) is 0 Å². The van der Waals surface area contributed by atoms with Crippen LogP contribution in [0.25, 0.3) is 0 Å². The second-order valence-corrected chi connectivity index (χ2v) is 9.36. The zero-order chi connectivity index (χ0) is 22.9. The largest absolute Gasteiger partial charge is 0.493 e. The van der Waals surface area contributed by atoms with Crippen LogP contribution in [-0.4, -0.2) is 39.1 Å². The fourth-order valence-electron chi connectivity index (χ4n) is 2.04. The van der Waals surface area contributed by atoms with Gasteiger partial charge in [0.25, 0.3) is 0 Å². The summed E-state index contributed by atoms with van der Waals surface area (Å²) in [5, 5.41) is 10.2. The molecule has 0 spiro atoms. The van der Waals surface area contributed by atoms with Crippen LogP contribution in [0.3, 0.4) is 0 Å². The third kappa shape index (κ3) is 19.9. The molecule has 4 nitrogen and oxygen atoms in total. The first-order valence-corrected chi connectivity index (χ1v) is 11.0. The van der Waals surface area contributed by atoms with Crippen LogP contribution in [-0.2, 0) is 37.4 Å². The van der Waals surface area contributed by atoms with Gasteiger partial charge in [0.2, 0.25) is 0 Å². The molecule has 1 radical (unpaired) electrons. The molecule has 0 aliphatic rings. The van der Waals surface area contributed by atoms with E-state index >= 15 is 0 Å². The maximum atomic E-state index is 7.00. The van der Waals surface area contributed by atoms with E-state index in [2.05, 4.69) is 72.8 Å². The summed E-state index contributed by atoms with van der Waals surface area (Å²) < 4.78 is 11.3. The van der Waals surface area contributed by atoms with E-state index in [0.717, 1.165) is 32.7 Å². The van der Waals surface area contributed by atoms with Crippen LogP contribution in [0.4, 0.5) is 0 Å². The van der Waals surface area contributed by atoms with Gasteiger partial charge in [-0.3, -0.25) is 0 Å². The second kappa shape index (κ2) is 19.7. The molecule has 0 saturated carbocycles. The molecule has 1 rings (SSSR count). The third-order valence-corrected chi connectivity index (χ3v) is 4.56. The number of benzene rings is 1. The van der Waals surface area contributed by atoms with E-state index in [0.29, 0.717) is 11.5 Å². The summed E-state index contributed by atoms with van der Waals surface area (Å²) >= 11 is 0. The Morgan fingerprint density at radius 1 is 1.07 bits per heavy atom. The Labute approximate surface area is 214 Å². The Hall–Kier alpha value is 0.00390. The van der Waals surface area contributed by atoms with Gasteiger partial charge in [0.1, 0.15) is 5.75 Å². The van der Waals surface area contributed by atoms with E-state index in [1.807, 2.05) is 19.2 Å².